The van der Waals surface area contributed by atoms with E-state index in [1.165, 1.54) is 12.1 Å². The fourth-order valence-corrected chi connectivity index (χ4v) is 3.42. The van der Waals surface area contributed by atoms with Crippen LogP contribution in [0, 0.1) is 0 Å². The van der Waals surface area contributed by atoms with E-state index in [1.54, 1.807) is 6.07 Å². The summed E-state index contributed by atoms with van der Waals surface area (Å²) in [6, 6.07) is 4.74. The molecule has 2 aliphatic rings. The summed E-state index contributed by atoms with van der Waals surface area (Å²) in [6.07, 6.45) is -2.44. The van der Waals surface area contributed by atoms with Gasteiger partial charge in [0.1, 0.15) is 0 Å². The predicted octanol–water partition coefficient (Wildman–Crippen LogP) is 2.99. The molecule has 1 fully saturated rings. The van der Waals surface area contributed by atoms with E-state index in [9.17, 15) is 13.2 Å². The van der Waals surface area contributed by atoms with Crippen molar-refractivity contribution in [3.05, 3.63) is 34.9 Å². The number of hydrogen-bond donors (Lipinski definition) is 1. The third-order valence-corrected chi connectivity index (χ3v) is 4.47. The normalized spacial score (nSPS) is 27.6. The first kappa shape index (κ1) is 13.9. The first-order chi connectivity index (χ1) is 9.47. The van der Waals surface area contributed by atoms with E-state index in [-0.39, 0.29) is 6.04 Å². The fraction of sp³-hybridized carbons (Fsp3) is 0.600. The van der Waals surface area contributed by atoms with Crippen LogP contribution in [-0.4, -0.2) is 30.6 Å². The summed E-state index contributed by atoms with van der Waals surface area (Å²) < 4.78 is 38.6. The molecule has 3 rings (SSSR count). The van der Waals surface area contributed by atoms with Crippen molar-refractivity contribution in [1.29, 1.82) is 0 Å². The van der Waals surface area contributed by atoms with Gasteiger partial charge in [-0.15, -0.1) is 0 Å². The molecule has 5 heteroatoms. The van der Waals surface area contributed by atoms with Crippen molar-refractivity contribution in [2.24, 2.45) is 0 Å². The van der Waals surface area contributed by atoms with Gasteiger partial charge in [0.05, 0.1) is 5.56 Å². The highest BCUT2D eigenvalue weighted by atomic mass is 19.4. The molecule has 0 saturated carbocycles. The molecule has 1 aliphatic heterocycles. The van der Waals surface area contributed by atoms with Crippen molar-refractivity contribution in [3.8, 4) is 0 Å². The zero-order valence-corrected chi connectivity index (χ0v) is 11.5. The highest BCUT2D eigenvalue weighted by molar-refractivity contribution is 5.39. The minimum Gasteiger partial charge on any atom is -0.314 e. The molecule has 0 spiro atoms. The van der Waals surface area contributed by atoms with E-state index >= 15 is 0 Å². The molecule has 0 aromatic heterocycles. The average Bonchev–Trinajstić information content (AvgIpc) is 2.81. The number of hydrogen-bond acceptors (Lipinski definition) is 2. The van der Waals surface area contributed by atoms with Gasteiger partial charge in [-0.1, -0.05) is 6.07 Å². The molecular weight excluding hydrogens is 265 g/mol. The fourth-order valence-electron chi connectivity index (χ4n) is 3.42. The van der Waals surface area contributed by atoms with Crippen LogP contribution in [0.1, 0.15) is 36.1 Å². The third-order valence-electron chi connectivity index (χ3n) is 4.47. The Kier molecular flexibility index (Phi) is 3.50. The lowest BCUT2D eigenvalue weighted by Crippen LogP contribution is -2.50. The van der Waals surface area contributed by atoms with Crippen LogP contribution in [0.15, 0.2) is 18.2 Å². The summed E-state index contributed by atoms with van der Waals surface area (Å²) in [6.45, 7) is 4.86. The van der Waals surface area contributed by atoms with Crippen LogP contribution in [0.3, 0.4) is 0 Å². The Balaban J connectivity index is 1.92. The number of piperazine rings is 1. The number of aryl methyl sites for hydroxylation is 1. The Hall–Kier alpha value is -1.07. The van der Waals surface area contributed by atoms with Gasteiger partial charge in [-0.25, -0.2) is 0 Å². The molecule has 1 saturated heterocycles. The van der Waals surface area contributed by atoms with Crippen LogP contribution in [0.2, 0.25) is 0 Å². The van der Waals surface area contributed by atoms with Crippen molar-refractivity contribution in [2.45, 2.75) is 38.0 Å². The SMILES string of the molecule is C[C@H]1CNCCN1C1CCc2ccc(C(F)(F)F)cc21. The first-order valence-electron chi connectivity index (χ1n) is 7.13. The maximum absolute atomic E-state index is 12.9. The standard InChI is InChI=1S/C15H19F3N2/c1-10-9-19-6-7-20(10)14-5-3-11-2-4-12(8-13(11)14)15(16,17)18/h2,4,8,10,14,19H,3,5-7,9H2,1H3/t10-,14?/m0/s1. The quantitative estimate of drug-likeness (QED) is 0.853. The minimum atomic E-state index is -4.25. The van der Waals surface area contributed by atoms with Crippen LogP contribution >= 0.6 is 0 Å². The zero-order valence-electron chi connectivity index (χ0n) is 11.5. The topological polar surface area (TPSA) is 15.3 Å². The highest BCUT2D eigenvalue weighted by Crippen LogP contribution is 2.40. The van der Waals surface area contributed by atoms with Gasteiger partial charge in [-0.3, -0.25) is 4.90 Å². The number of nitrogens with zero attached hydrogens (tertiary/aromatic N) is 1. The van der Waals surface area contributed by atoms with Gasteiger partial charge in [-0.2, -0.15) is 13.2 Å². The van der Waals surface area contributed by atoms with Gasteiger partial charge in [0.2, 0.25) is 0 Å². The van der Waals surface area contributed by atoms with Crippen molar-refractivity contribution in [1.82, 2.24) is 10.2 Å². The third kappa shape index (κ3) is 2.44. The monoisotopic (exact) mass is 284 g/mol. The molecule has 110 valence electrons. The van der Waals surface area contributed by atoms with Crippen LogP contribution in [0.4, 0.5) is 13.2 Å². The van der Waals surface area contributed by atoms with E-state index in [0.29, 0.717) is 6.04 Å². The lowest BCUT2D eigenvalue weighted by molar-refractivity contribution is -0.137. The second-order valence-corrected chi connectivity index (χ2v) is 5.76. The summed E-state index contributed by atoms with van der Waals surface area (Å²) in [5.41, 5.74) is 1.44. The molecule has 0 amide bonds. The summed E-state index contributed by atoms with van der Waals surface area (Å²) in [7, 11) is 0. The van der Waals surface area contributed by atoms with Crippen LogP contribution in [-0.2, 0) is 12.6 Å². The number of halogens is 3. The molecule has 0 radical (unpaired) electrons. The number of nitrogens with one attached hydrogen (secondary N) is 1. The Bertz CT molecular complexity index is 498. The van der Waals surface area contributed by atoms with Gasteiger partial charge >= 0.3 is 6.18 Å². The molecule has 0 bridgehead atoms. The van der Waals surface area contributed by atoms with Gasteiger partial charge in [0.25, 0.3) is 0 Å². The molecule has 20 heavy (non-hydrogen) atoms. The van der Waals surface area contributed by atoms with Crippen LogP contribution in [0.5, 0.6) is 0 Å². The van der Waals surface area contributed by atoms with Gasteiger partial charge in [-0.05, 0) is 43.0 Å². The van der Waals surface area contributed by atoms with Crippen molar-refractivity contribution in [3.63, 3.8) is 0 Å². The van der Waals surface area contributed by atoms with E-state index in [4.69, 9.17) is 0 Å². The van der Waals surface area contributed by atoms with Gasteiger partial charge in [0.15, 0.2) is 0 Å². The molecule has 1 aliphatic carbocycles. The number of alkyl halides is 3. The van der Waals surface area contributed by atoms with E-state index in [1.807, 2.05) is 0 Å². The summed E-state index contributed by atoms with van der Waals surface area (Å²) in [5.74, 6) is 0. The summed E-state index contributed by atoms with van der Waals surface area (Å²) in [4.78, 5) is 2.35. The minimum absolute atomic E-state index is 0.143. The molecule has 2 nitrogen and oxygen atoms in total. The molecular formula is C15H19F3N2. The van der Waals surface area contributed by atoms with E-state index in [2.05, 4.69) is 17.1 Å². The maximum atomic E-state index is 12.9. The van der Waals surface area contributed by atoms with Crippen LogP contribution < -0.4 is 5.32 Å². The number of benzene rings is 1. The molecule has 1 aromatic carbocycles. The molecule has 2 atom stereocenters. The Morgan fingerprint density at radius 2 is 2.10 bits per heavy atom. The number of fused-ring (bicyclic) bond motifs is 1. The largest absolute Gasteiger partial charge is 0.416 e. The highest BCUT2D eigenvalue weighted by Gasteiger charge is 2.36. The lowest BCUT2D eigenvalue weighted by atomic mass is 10.0. The first-order valence-corrected chi connectivity index (χ1v) is 7.13. The molecule has 1 aromatic rings. The van der Waals surface area contributed by atoms with E-state index < -0.39 is 11.7 Å². The smallest absolute Gasteiger partial charge is 0.314 e. The van der Waals surface area contributed by atoms with Crippen molar-refractivity contribution >= 4 is 0 Å². The van der Waals surface area contributed by atoms with Gasteiger partial charge in [0, 0.05) is 31.7 Å². The van der Waals surface area contributed by atoms with Crippen LogP contribution in [0.25, 0.3) is 0 Å². The van der Waals surface area contributed by atoms with Crippen molar-refractivity contribution < 1.29 is 13.2 Å². The van der Waals surface area contributed by atoms with Crippen molar-refractivity contribution in [2.75, 3.05) is 19.6 Å². The number of rotatable bonds is 1. The Morgan fingerprint density at radius 1 is 1.30 bits per heavy atom. The van der Waals surface area contributed by atoms with E-state index in [0.717, 1.165) is 43.6 Å². The summed E-state index contributed by atoms with van der Waals surface area (Å²) in [5, 5.41) is 3.33. The molecule has 1 N–H and O–H groups in total. The molecule has 1 unspecified atom stereocenters. The Morgan fingerprint density at radius 3 is 2.80 bits per heavy atom. The zero-order chi connectivity index (χ0) is 14.3. The Labute approximate surface area is 117 Å². The second-order valence-electron chi connectivity index (χ2n) is 5.76. The lowest BCUT2D eigenvalue weighted by Gasteiger charge is -2.39. The average molecular weight is 284 g/mol. The van der Waals surface area contributed by atoms with Gasteiger partial charge < -0.3 is 5.32 Å². The summed E-state index contributed by atoms with van der Waals surface area (Å²) >= 11 is 0. The second kappa shape index (κ2) is 5.04. The maximum Gasteiger partial charge on any atom is 0.416 e. The molecule has 1 heterocycles. The predicted molar refractivity (Wildman–Crippen MR) is 71.5 cm³/mol.